The molecule has 0 atom stereocenters. The maximum absolute atomic E-state index is 4.78. The molecule has 2 heterocycles. The van der Waals surface area contributed by atoms with Gasteiger partial charge in [-0.3, -0.25) is 4.98 Å². The predicted octanol–water partition coefficient (Wildman–Crippen LogP) is 3.61. The Hall–Kier alpha value is -1.49. The van der Waals surface area contributed by atoms with E-state index in [2.05, 4.69) is 35.4 Å². The molecule has 0 bridgehead atoms. The number of anilines is 1. The molecule has 2 aromatic heterocycles. The summed E-state index contributed by atoms with van der Waals surface area (Å²) in [4.78, 5) is 4.78. The van der Waals surface area contributed by atoms with Crippen LogP contribution in [0.3, 0.4) is 0 Å². The van der Waals surface area contributed by atoms with E-state index in [9.17, 15) is 0 Å². The fourth-order valence-electron chi connectivity index (χ4n) is 2.59. The van der Waals surface area contributed by atoms with Gasteiger partial charge in [0.2, 0.25) is 5.13 Å². The first-order chi connectivity index (χ1) is 9.78. The van der Waals surface area contributed by atoms with E-state index in [0.29, 0.717) is 0 Å². The molecular weight excluding hydrogens is 268 g/mol. The number of rotatable bonds is 4. The standard InChI is InChI=1S/C15H20N4S/c1-3-8-16-15-19-18-14(20-15)12-9-11-6-4-5-7-13(11)17-10(12)2/h9H,3-8H2,1-2H3,(H,16,19). The lowest BCUT2D eigenvalue weighted by Crippen LogP contribution is -2.07. The molecule has 0 aromatic carbocycles. The molecule has 0 unspecified atom stereocenters. The summed E-state index contributed by atoms with van der Waals surface area (Å²) in [5.41, 5.74) is 4.90. The van der Waals surface area contributed by atoms with Crippen LogP contribution in [0.25, 0.3) is 10.6 Å². The Balaban J connectivity index is 1.91. The van der Waals surface area contributed by atoms with Crippen LogP contribution in [-0.2, 0) is 12.8 Å². The third-order valence-electron chi connectivity index (χ3n) is 3.67. The predicted molar refractivity (Wildman–Crippen MR) is 83.3 cm³/mol. The van der Waals surface area contributed by atoms with Crippen molar-refractivity contribution in [3.63, 3.8) is 0 Å². The minimum Gasteiger partial charge on any atom is -0.360 e. The van der Waals surface area contributed by atoms with Crippen molar-refractivity contribution >= 4 is 16.5 Å². The summed E-state index contributed by atoms with van der Waals surface area (Å²) < 4.78 is 0. The molecular formula is C15H20N4S. The van der Waals surface area contributed by atoms with Gasteiger partial charge in [-0.05, 0) is 50.7 Å². The number of fused-ring (bicyclic) bond motifs is 1. The molecule has 20 heavy (non-hydrogen) atoms. The minimum atomic E-state index is 0.902. The third-order valence-corrected chi connectivity index (χ3v) is 4.59. The summed E-state index contributed by atoms with van der Waals surface area (Å²) in [5, 5.41) is 13.7. The fourth-order valence-corrected chi connectivity index (χ4v) is 3.43. The quantitative estimate of drug-likeness (QED) is 0.933. The smallest absolute Gasteiger partial charge is 0.206 e. The second-order valence-electron chi connectivity index (χ2n) is 5.27. The van der Waals surface area contributed by atoms with Crippen LogP contribution in [-0.4, -0.2) is 21.7 Å². The van der Waals surface area contributed by atoms with E-state index in [1.807, 2.05) is 0 Å². The van der Waals surface area contributed by atoms with Gasteiger partial charge < -0.3 is 5.32 Å². The van der Waals surface area contributed by atoms with Gasteiger partial charge in [-0.15, -0.1) is 10.2 Å². The maximum atomic E-state index is 4.78. The van der Waals surface area contributed by atoms with Crippen molar-refractivity contribution in [1.82, 2.24) is 15.2 Å². The first kappa shape index (κ1) is 13.5. The van der Waals surface area contributed by atoms with Crippen molar-refractivity contribution in [2.24, 2.45) is 0 Å². The average Bonchev–Trinajstić information content (AvgIpc) is 2.93. The Bertz CT molecular complexity index is 606. The van der Waals surface area contributed by atoms with Crippen LogP contribution in [0.1, 0.15) is 43.1 Å². The number of pyridine rings is 1. The number of nitrogens with zero attached hydrogens (tertiary/aromatic N) is 3. The SMILES string of the molecule is CCCNc1nnc(-c2cc3c(nc2C)CCCC3)s1. The van der Waals surface area contributed by atoms with Crippen molar-refractivity contribution in [3.05, 3.63) is 23.0 Å². The molecule has 1 N–H and O–H groups in total. The molecule has 3 rings (SSSR count). The van der Waals surface area contributed by atoms with Gasteiger partial charge in [0.25, 0.3) is 0 Å². The molecule has 1 aliphatic carbocycles. The summed E-state index contributed by atoms with van der Waals surface area (Å²) in [6.45, 7) is 5.16. The summed E-state index contributed by atoms with van der Waals surface area (Å²) in [7, 11) is 0. The Kier molecular flexibility index (Phi) is 3.96. The second kappa shape index (κ2) is 5.87. The van der Waals surface area contributed by atoms with E-state index in [-0.39, 0.29) is 0 Å². The van der Waals surface area contributed by atoms with Gasteiger partial charge in [-0.1, -0.05) is 18.3 Å². The van der Waals surface area contributed by atoms with Crippen LogP contribution in [0, 0.1) is 6.92 Å². The van der Waals surface area contributed by atoms with Crippen LogP contribution in [0.2, 0.25) is 0 Å². The van der Waals surface area contributed by atoms with E-state index < -0.39 is 0 Å². The molecule has 5 heteroatoms. The van der Waals surface area contributed by atoms with Crippen molar-refractivity contribution < 1.29 is 0 Å². The zero-order chi connectivity index (χ0) is 13.9. The highest BCUT2D eigenvalue weighted by atomic mass is 32.1. The lowest BCUT2D eigenvalue weighted by molar-refractivity contribution is 0.666. The maximum Gasteiger partial charge on any atom is 0.206 e. The van der Waals surface area contributed by atoms with Crippen LogP contribution in [0.5, 0.6) is 0 Å². The molecule has 2 aromatic rings. The van der Waals surface area contributed by atoms with Crippen LogP contribution < -0.4 is 5.32 Å². The summed E-state index contributed by atoms with van der Waals surface area (Å²) >= 11 is 1.62. The van der Waals surface area contributed by atoms with Gasteiger partial charge in [0, 0.05) is 23.5 Å². The fraction of sp³-hybridized carbons (Fsp3) is 0.533. The lowest BCUT2D eigenvalue weighted by Gasteiger charge is -2.16. The Labute approximate surface area is 123 Å². The number of aryl methyl sites for hydroxylation is 3. The highest BCUT2D eigenvalue weighted by Crippen LogP contribution is 2.31. The molecule has 0 spiro atoms. The van der Waals surface area contributed by atoms with Gasteiger partial charge in [0.15, 0.2) is 5.01 Å². The number of aromatic nitrogens is 3. The van der Waals surface area contributed by atoms with Crippen molar-refractivity contribution in [1.29, 1.82) is 0 Å². The molecule has 0 saturated carbocycles. The number of hydrogen-bond donors (Lipinski definition) is 1. The summed E-state index contributed by atoms with van der Waals surface area (Å²) in [5.74, 6) is 0. The molecule has 0 aliphatic heterocycles. The molecule has 0 saturated heterocycles. The Morgan fingerprint density at radius 2 is 2.10 bits per heavy atom. The summed E-state index contributed by atoms with van der Waals surface area (Å²) in [6, 6.07) is 2.28. The number of hydrogen-bond acceptors (Lipinski definition) is 5. The first-order valence-electron chi connectivity index (χ1n) is 7.35. The largest absolute Gasteiger partial charge is 0.360 e. The van der Waals surface area contributed by atoms with E-state index in [1.165, 1.54) is 24.1 Å². The zero-order valence-corrected chi connectivity index (χ0v) is 12.9. The molecule has 0 radical (unpaired) electrons. The molecule has 106 valence electrons. The van der Waals surface area contributed by atoms with Crippen LogP contribution in [0.15, 0.2) is 6.07 Å². The Morgan fingerprint density at radius 3 is 2.95 bits per heavy atom. The van der Waals surface area contributed by atoms with Crippen molar-refractivity contribution in [2.75, 3.05) is 11.9 Å². The van der Waals surface area contributed by atoms with Crippen LogP contribution in [0.4, 0.5) is 5.13 Å². The molecule has 0 fully saturated rings. The van der Waals surface area contributed by atoms with E-state index in [4.69, 9.17) is 4.98 Å². The molecule has 4 nitrogen and oxygen atoms in total. The zero-order valence-electron chi connectivity index (χ0n) is 12.1. The monoisotopic (exact) mass is 288 g/mol. The van der Waals surface area contributed by atoms with Gasteiger partial charge >= 0.3 is 0 Å². The van der Waals surface area contributed by atoms with Gasteiger partial charge in [0.1, 0.15) is 0 Å². The van der Waals surface area contributed by atoms with E-state index in [1.54, 1.807) is 11.3 Å². The average molecular weight is 288 g/mol. The van der Waals surface area contributed by atoms with Crippen LogP contribution >= 0.6 is 11.3 Å². The van der Waals surface area contributed by atoms with Crippen molar-refractivity contribution in [3.8, 4) is 10.6 Å². The topological polar surface area (TPSA) is 50.7 Å². The highest BCUT2D eigenvalue weighted by Gasteiger charge is 2.16. The van der Waals surface area contributed by atoms with Gasteiger partial charge in [0.05, 0.1) is 0 Å². The second-order valence-corrected chi connectivity index (χ2v) is 6.25. The van der Waals surface area contributed by atoms with Gasteiger partial charge in [-0.2, -0.15) is 0 Å². The van der Waals surface area contributed by atoms with Gasteiger partial charge in [-0.25, -0.2) is 0 Å². The molecule has 0 amide bonds. The van der Waals surface area contributed by atoms with Crippen molar-refractivity contribution in [2.45, 2.75) is 46.0 Å². The Morgan fingerprint density at radius 1 is 1.25 bits per heavy atom. The van der Waals surface area contributed by atoms with E-state index in [0.717, 1.165) is 47.2 Å². The van der Waals surface area contributed by atoms with E-state index >= 15 is 0 Å². The summed E-state index contributed by atoms with van der Waals surface area (Å²) in [6.07, 6.45) is 5.90. The number of nitrogens with one attached hydrogen (secondary N) is 1. The first-order valence-corrected chi connectivity index (χ1v) is 8.16. The lowest BCUT2D eigenvalue weighted by atomic mass is 9.94. The molecule has 1 aliphatic rings. The third kappa shape index (κ3) is 2.68. The normalized spacial score (nSPS) is 14.1. The minimum absolute atomic E-state index is 0.902. The highest BCUT2D eigenvalue weighted by molar-refractivity contribution is 7.18.